The molecule has 0 aromatic heterocycles. The molecule has 1 unspecified atom stereocenters. The molecule has 3 N–H and O–H groups in total. The predicted molar refractivity (Wildman–Crippen MR) is 35.0 cm³/mol. The Bertz CT molecular complexity index is 144. The summed E-state index contributed by atoms with van der Waals surface area (Å²) in [7, 11) is 0. The van der Waals surface area contributed by atoms with Crippen molar-refractivity contribution in [2.45, 2.75) is 12.5 Å². The van der Waals surface area contributed by atoms with Crippen molar-refractivity contribution < 1.29 is 29.2 Å². The third kappa shape index (κ3) is 6.50. The standard InChI is InChI=1S/C4H6O5.Sr.2H/c5-2(4(8)9)1-3(6)7;;;/h2,5H,1H2,(H,6,7)(H,8,9);;;/q;+2;2*-1/p+1. The number of aliphatic hydroxyl groups is 1. The molecule has 6 heteroatoms. The first-order chi connectivity index (χ1) is 4.04. The van der Waals surface area contributed by atoms with Gasteiger partial charge in [-0.2, -0.15) is 0 Å². The SMILES string of the molecule is O=C(O)CC(O)C(=O)O.[H+].[H-].[H-].[Sr+2]. The van der Waals surface area contributed by atoms with E-state index in [1.54, 1.807) is 0 Å². The van der Waals surface area contributed by atoms with Crippen LogP contribution in [0.5, 0.6) is 0 Å². The van der Waals surface area contributed by atoms with Crippen LogP contribution in [0.15, 0.2) is 0 Å². The number of carboxylic acid groups (broad SMARTS) is 2. The van der Waals surface area contributed by atoms with E-state index < -0.39 is 24.5 Å². The normalized spacial score (nSPS) is 11.3. The molecule has 0 saturated carbocycles. The monoisotopic (exact) mass is 225 g/mol. The van der Waals surface area contributed by atoms with E-state index in [2.05, 4.69) is 0 Å². The summed E-state index contributed by atoms with van der Waals surface area (Å²) in [6.07, 6.45) is -2.54. The second kappa shape index (κ2) is 6.11. The summed E-state index contributed by atoms with van der Waals surface area (Å²) in [5.74, 6) is -2.85. The maximum atomic E-state index is 9.72. The van der Waals surface area contributed by atoms with Crippen LogP contribution < -0.4 is 0 Å². The van der Waals surface area contributed by atoms with Gasteiger partial charge in [0.1, 0.15) is 0 Å². The van der Waals surface area contributed by atoms with Crippen molar-refractivity contribution in [1.82, 2.24) is 0 Å². The number of hydrogen-bond donors (Lipinski definition) is 3. The zero-order valence-electron chi connectivity index (χ0n) is 8.15. The van der Waals surface area contributed by atoms with E-state index in [1.807, 2.05) is 0 Å². The van der Waals surface area contributed by atoms with Gasteiger partial charge in [-0.05, 0) is 0 Å². The molecule has 0 bridgehead atoms. The van der Waals surface area contributed by atoms with E-state index >= 15 is 0 Å². The molecule has 0 spiro atoms. The van der Waals surface area contributed by atoms with Crippen molar-refractivity contribution in [2.75, 3.05) is 0 Å². The number of aliphatic hydroxyl groups excluding tert-OH is 1. The molecule has 0 radical (unpaired) electrons. The van der Waals surface area contributed by atoms with Gasteiger partial charge in [0.15, 0.2) is 6.10 Å². The van der Waals surface area contributed by atoms with Gasteiger partial charge >= 0.3 is 58.8 Å². The summed E-state index contributed by atoms with van der Waals surface area (Å²) in [4.78, 5) is 19.4. The van der Waals surface area contributed by atoms with E-state index in [0.717, 1.165) is 0 Å². The van der Waals surface area contributed by atoms with Crippen LogP contribution in [0.3, 0.4) is 0 Å². The minimum absolute atomic E-state index is 0. The summed E-state index contributed by atoms with van der Waals surface area (Å²) in [6, 6.07) is 0. The van der Waals surface area contributed by atoms with E-state index in [0.29, 0.717) is 0 Å². The first-order valence-electron chi connectivity index (χ1n) is 2.16. The van der Waals surface area contributed by atoms with E-state index in [4.69, 9.17) is 15.3 Å². The van der Waals surface area contributed by atoms with Crippen LogP contribution in [0.4, 0.5) is 0 Å². The third-order valence-electron chi connectivity index (χ3n) is 0.653. The molecule has 0 aromatic rings. The second-order valence-electron chi connectivity index (χ2n) is 1.45. The van der Waals surface area contributed by atoms with Crippen molar-refractivity contribution in [3.8, 4) is 0 Å². The molecule has 1 atom stereocenters. The summed E-state index contributed by atoms with van der Waals surface area (Å²) in [5, 5.41) is 24.1. The minimum atomic E-state index is -1.79. The third-order valence-corrected chi connectivity index (χ3v) is 0.653. The van der Waals surface area contributed by atoms with Gasteiger partial charge < -0.3 is 18.2 Å². The molecule has 56 valence electrons. The Morgan fingerprint density at radius 2 is 1.90 bits per heavy atom. The molecule has 0 heterocycles. The van der Waals surface area contributed by atoms with Gasteiger partial charge in [0.25, 0.3) is 0 Å². The molecule has 0 fully saturated rings. The number of rotatable bonds is 3. The number of carbonyl (C=O) groups is 2. The Hall–Kier alpha value is 0.381. The van der Waals surface area contributed by atoms with Gasteiger partial charge in [-0.25, -0.2) is 4.79 Å². The summed E-state index contributed by atoms with van der Waals surface area (Å²) >= 11 is 0. The maximum absolute atomic E-state index is 9.72. The van der Waals surface area contributed by atoms with Crippen molar-refractivity contribution in [3.05, 3.63) is 0 Å². The van der Waals surface area contributed by atoms with Crippen LogP contribution in [0.1, 0.15) is 10.7 Å². The molecule has 0 aliphatic rings. The molecule has 5 nitrogen and oxygen atoms in total. The van der Waals surface area contributed by atoms with Gasteiger partial charge in [-0.3, -0.25) is 4.79 Å². The van der Waals surface area contributed by atoms with Crippen LogP contribution >= 0.6 is 0 Å². The zero-order valence-corrected chi connectivity index (χ0v) is 8.63. The Morgan fingerprint density at radius 1 is 1.50 bits per heavy atom. The maximum Gasteiger partial charge on any atom is 2.00 e. The van der Waals surface area contributed by atoms with E-state index in [-0.39, 0.29) is 49.8 Å². The molecule has 0 aliphatic carbocycles. The molecule has 0 aromatic carbocycles. The first kappa shape index (κ1) is 13.0. The number of hydrogen-bond acceptors (Lipinski definition) is 3. The molecule has 10 heavy (non-hydrogen) atoms. The van der Waals surface area contributed by atoms with Gasteiger partial charge in [0, 0.05) is 0 Å². The molecule has 0 aliphatic heterocycles. The quantitative estimate of drug-likeness (QED) is 0.527. The Labute approximate surface area is 98.4 Å². The summed E-state index contributed by atoms with van der Waals surface area (Å²) in [5.41, 5.74) is 0. The summed E-state index contributed by atoms with van der Waals surface area (Å²) in [6.45, 7) is 0. The summed E-state index contributed by atoms with van der Waals surface area (Å²) < 4.78 is 0. The first-order valence-corrected chi connectivity index (χ1v) is 2.16. The molecular weight excluding hydrogens is 216 g/mol. The fourth-order valence-electron chi connectivity index (χ4n) is 0.253. The average molecular weight is 225 g/mol. The van der Waals surface area contributed by atoms with Crippen LogP contribution in [-0.4, -0.2) is 78.8 Å². The average Bonchev–Trinajstić information content (AvgIpc) is 1.63. The van der Waals surface area contributed by atoms with E-state index in [1.165, 1.54) is 0 Å². The zero-order chi connectivity index (χ0) is 7.44. The smallest absolute Gasteiger partial charge is 1.00 e. The molecule has 0 rings (SSSR count). The van der Waals surface area contributed by atoms with Crippen LogP contribution in [0.25, 0.3) is 0 Å². The van der Waals surface area contributed by atoms with Gasteiger partial charge in [0.2, 0.25) is 0 Å². The Balaban J connectivity index is -0.0000000533. The fraction of sp³-hybridized carbons (Fsp3) is 0.500. The van der Waals surface area contributed by atoms with Crippen LogP contribution in [0, 0.1) is 0 Å². The van der Waals surface area contributed by atoms with Crippen molar-refractivity contribution in [1.29, 1.82) is 0 Å². The fourth-order valence-corrected chi connectivity index (χ4v) is 0.253. The van der Waals surface area contributed by atoms with Gasteiger partial charge in [-0.15, -0.1) is 0 Å². The number of aliphatic carboxylic acids is 2. The predicted octanol–water partition coefficient (Wildman–Crippen LogP) is -1.14. The van der Waals surface area contributed by atoms with Crippen LogP contribution in [-0.2, 0) is 9.59 Å². The minimum Gasteiger partial charge on any atom is -1.00 e. The van der Waals surface area contributed by atoms with Crippen LogP contribution in [0.2, 0.25) is 0 Å². The van der Waals surface area contributed by atoms with Gasteiger partial charge in [-0.1, -0.05) is 0 Å². The van der Waals surface area contributed by atoms with Crippen molar-refractivity contribution >= 4 is 57.4 Å². The topological polar surface area (TPSA) is 94.8 Å². The van der Waals surface area contributed by atoms with Crippen molar-refractivity contribution in [2.24, 2.45) is 0 Å². The Morgan fingerprint density at radius 3 is 2.00 bits per heavy atom. The second-order valence-corrected chi connectivity index (χ2v) is 1.45. The Kier molecular flexibility index (Phi) is 7.95. The van der Waals surface area contributed by atoms with Crippen molar-refractivity contribution in [3.63, 3.8) is 0 Å². The molecule has 0 amide bonds. The largest absolute Gasteiger partial charge is 2.00 e. The number of carboxylic acids is 2. The molecule has 0 saturated heterocycles. The molecular formula is C4H9O5Sr+. The van der Waals surface area contributed by atoms with E-state index in [9.17, 15) is 9.59 Å². The van der Waals surface area contributed by atoms with Gasteiger partial charge in [0.05, 0.1) is 6.42 Å².